The average Bonchev–Trinajstić information content (AvgIpc) is 3.53. The van der Waals surface area contributed by atoms with Crippen LogP contribution in [0.2, 0.25) is 5.02 Å². The lowest BCUT2D eigenvalue weighted by Crippen LogP contribution is -2.35. The van der Waals surface area contributed by atoms with Crippen molar-refractivity contribution in [1.82, 2.24) is 10.2 Å². The zero-order chi connectivity index (χ0) is 35.6. The molecular weight excluding hydrogens is 652 g/mol. The Labute approximate surface area is 301 Å². The molecule has 1 aliphatic heterocycles. The van der Waals surface area contributed by atoms with Gasteiger partial charge in [-0.25, -0.2) is 0 Å². The summed E-state index contributed by atoms with van der Waals surface area (Å²) in [7, 11) is 0. The number of rotatable bonds is 17. The number of benzene rings is 4. The highest BCUT2D eigenvalue weighted by Gasteiger charge is 2.20. The van der Waals surface area contributed by atoms with Gasteiger partial charge in [-0.3, -0.25) is 0 Å². The molecule has 0 amide bonds. The van der Waals surface area contributed by atoms with Crippen molar-refractivity contribution < 1.29 is 29.5 Å². The van der Waals surface area contributed by atoms with Crippen molar-refractivity contribution >= 4 is 11.6 Å². The Morgan fingerprint density at radius 2 is 1.54 bits per heavy atom. The van der Waals surface area contributed by atoms with Gasteiger partial charge < -0.3 is 39.7 Å². The number of nitrogens with zero attached hydrogens (tertiary/aromatic N) is 1. The van der Waals surface area contributed by atoms with Crippen LogP contribution in [-0.4, -0.2) is 71.8 Å². The predicted octanol–water partition coefficient (Wildman–Crippen LogP) is 6.68. The van der Waals surface area contributed by atoms with Crippen LogP contribution in [0, 0.1) is 27.7 Å². The molecule has 1 fully saturated rings. The Morgan fingerprint density at radius 1 is 0.800 bits per heavy atom. The van der Waals surface area contributed by atoms with Gasteiger partial charge in [0.2, 0.25) is 0 Å². The van der Waals surface area contributed by atoms with Crippen LogP contribution in [0.5, 0.6) is 17.2 Å². The second kappa shape index (κ2) is 18.0. The highest BCUT2D eigenvalue weighted by molar-refractivity contribution is 6.32. The third-order valence-electron chi connectivity index (χ3n) is 9.63. The fourth-order valence-corrected chi connectivity index (χ4v) is 6.53. The summed E-state index contributed by atoms with van der Waals surface area (Å²) in [6, 6.07) is 21.9. The van der Waals surface area contributed by atoms with Gasteiger partial charge in [0.25, 0.3) is 0 Å². The van der Waals surface area contributed by atoms with Crippen molar-refractivity contribution in [3.8, 4) is 28.4 Å². The number of likely N-dealkylation sites (tertiary alicyclic amines) is 1. The van der Waals surface area contributed by atoms with Crippen LogP contribution in [-0.2, 0) is 19.8 Å². The third-order valence-corrected chi connectivity index (χ3v) is 9.93. The first-order chi connectivity index (χ1) is 24.2. The Hall–Kier alpha value is -3.63. The van der Waals surface area contributed by atoms with E-state index < -0.39 is 6.04 Å². The van der Waals surface area contributed by atoms with E-state index in [4.69, 9.17) is 25.8 Å². The number of ether oxygens (including phenoxy) is 3. The van der Waals surface area contributed by atoms with Crippen LogP contribution in [0.4, 0.5) is 0 Å². The van der Waals surface area contributed by atoms with E-state index in [0.29, 0.717) is 42.9 Å². The largest absolute Gasteiger partial charge is 0.493 e. The molecule has 9 heteroatoms. The lowest BCUT2D eigenvalue weighted by atomic mass is 9.93. The number of β-amino-alcohol motifs (C(OH)–C–C–N with tert-alkyl or cyclic N) is 1. The van der Waals surface area contributed by atoms with Gasteiger partial charge in [-0.05, 0) is 97.2 Å². The van der Waals surface area contributed by atoms with Crippen LogP contribution in [0.25, 0.3) is 11.1 Å². The third kappa shape index (κ3) is 9.78. The van der Waals surface area contributed by atoms with E-state index in [2.05, 4.69) is 74.3 Å². The molecule has 1 aliphatic rings. The number of nitrogens with one attached hydrogen (secondary N) is 1. The number of aliphatic hydroxyl groups is 3. The first-order valence-corrected chi connectivity index (χ1v) is 17.9. The molecule has 50 heavy (non-hydrogen) atoms. The molecule has 0 aromatic heterocycles. The van der Waals surface area contributed by atoms with Gasteiger partial charge in [-0.15, -0.1) is 0 Å². The SMILES string of the molecule is Cc1ccc(COc2cc(OCc3cccc(-c4cccc(OCCCN5CCC(O)C5)c4C)c3C)c(Cl)cc2CNC(CO)CO)cc1C. The van der Waals surface area contributed by atoms with Crippen LogP contribution >= 0.6 is 11.6 Å². The first kappa shape index (κ1) is 37.6. The zero-order valence-electron chi connectivity index (χ0n) is 29.7. The van der Waals surface area contributed by atoms with Crippen molar-refractivity contribution in [3.63, 3.8) is 0 Å². The van der Waals surface area contributed by atoms with E-state index in [1.165, 1.54) is 11.1 Å². The molecule has 0 saturated carbocycles. The van der Waals surface area contributed by atoms with Crippen molar-refractivity contribution in [3.05, 3.63) is 111 Å². The van der Waals surface area contributed by atoms with Gasteiger partial charge in [0.15, 0.2) is 0 Å². The average molecular weight is 703 g/mol. The molecule has 4 aromatic carbocycles. The van der Waals surface area contributed by atoms with Gasteiger partial charge in [0, 0.05) is 37.8 Å². The summed E-state index contributed by atoms with van der Waals surface area (Å²) in [6.07, 6.45) is 1.56. The number of halogens is 1. The number of hydrogen-bond acceptors (Lipinski definition) is 8. The Bertz CT molecular complexity index is 1730. The lowest BCUT2D eigenvalue weighted by molar-refractivity contribution is 0.169. The summed E-state index contributed by atoms with van der Waals surface area (Å²) >= 11 is 6.77. The summed E-state index contributed by atoms with van der Waals surface area (Å²) in [6.45, 7) is 12.3. The zero-order valence-corrected chi connectivity index (χ0v) is 30.4. The van der Waals surface area contributed by atoms with Crippen LogP contribution < -0.4 is 19.5 Å². The van der Waals surface area contributed by atoms with Crippen molar-refractivity contribution in [2.24, 2.45) is 0 Å². The molecule has 0 radical (unpaired) electrons. The lowest BCUT2D eigenvalue weighted by Gasteiger charge is -2.19. The molecular formula is C41H51ClN2O6. The topological polar surface area (TPSA) is 104 Å². The minimum absolute atomic E-state index is 0.190. The van der Waals surface area contributed by atoms with Crippen LogP contribution in [0.3, 0.4) is 0 Å². The van der Waals surface area contributed by atoms with E-state index in [9.17, 15) is 15.3 Å². The summed E-state index contributed by atoms with van der Waals surface area (Å²) in [5, 5.41) is 32.5. The van der Waals surface area contributed by atoms with Crippen molar-refractivity contribution in [2.45, 2.75) is 72.4 Å². The van der Waals surface area contributed by atoms with Gasteiger partial charge in [0.1, 0.15) is 30.5 Å². The molecule has 268 valence electrons. The predicted molar refractivity (Wildman–Crippen MR) is 199 cm³/mol. The van der Waals surface area contributed by atoms with E-state index in [-0.39, 0.29) is 19.3 Å². The molecule has 4 aromatic rings. The van der Waals surface area contributed by atoms with E-state index in [1.54, 1.807) is 0 Å². The first-order valence-electron chi connectivity index (χ1n) is 17.5. The fraction of sp³-hybridized carbons (Fsp3) is 0.415. The molecule has 1 saturated heterocycles. The number of aliphatic hydroxyl groups excluding tert-OH is 3. The molecule has 0 bridgehead atoms. The molecule has 8 nitrogen and oxygen atoms in total. The van der Waals surface area contributed by atoms with Gasteiger partial charge >= 0.3 is 0 Å². The highest BCUT2D eigenvalue weighted by atomic mass is 35.5. The Balaban J connectivity index is 1.29. The maximum atomic E-state index is 9.79. The summed E-state index contributed by atoms with van der Waals surface area (Å²) in [5.74, 6) is 2.00. The van der Waals surface area contributed by atoms with Crippen LogP contribution in [0.15, 0.2) is 66.7 Å². The highest BCUT2D eigenvalue weighted by Crippen LogP contribution is 2.36. The summed E-state index contributed by atoms with van der Waals surface area (Å²) < 4.78 is 18.9. The van der Waals surface area contributed by atoms with E-state index in [0.717, 1.165) is 77.2 Å². The molecule has 0 spiro atoms. The molecule has 1 heterocycles. The van der Waals surface area contributed by atoms with Gasteiger partial charge in [-0.2, -0.15) is 0 Å². The molecule has 1 atom stereocenters. The molecule has 0 aliphatic carbocycles. The maximum Gasteiger partial charge on any atom is 0.142 e. The molecule has 1 unspecified atom stereocenters. The monoisotopic (exact) mass is 702 g/mol. The quantitative estimate of drug-likeness (QED) is 0.0905. The summed E-state index contributed by atoms with van der Waals surface area (Å²) in [4.78, 5) is 2.29. The van der Waals surface area contributed by atoms with Gasteiger partial charge in [-0.1, -0.05) is 60.1 Å². The van der Waals surface area contributed by atoms with Crippen molar-refractivity contribution in [1.29, 1.82) is 0 Å². The van der Waals surface area contributed by atoms with Crippen molar-refractivity contribution in [2.75, 3.05) is 39.5 Å². The normalized spacial score (nSPS) is 14.8. The van der Waals surface area contributed by atoms with E-state index in [1.807, 2.05) is 30.3 Å². The second-order valence-corrected chi connectivity index (χ2v) is 13.7. The molecule has 5 rings (SSSR count). The summed E-state index contributed by atoms with van der Waals surface area (Å²) in [5.41, 5.74) is 9.74. The number of hydrogen-bond donors (Lipinski definition) is 4. The van der Waals surface area contributed by atoms with E-state index >= 15 is 0 Å². The maximum absolute atomic E-state index is 9.79. The number of aryl methyl sites for hydroxylation is 2. The fourth-order valence-electron chi connectivity index (χ4n) is 6.29. The Kier molecular flexibility index (Phi) is 13.6. The second-order valence-electron chi connectivity index (χ2n) is 13.3. The Morgan fingerprint density at radius 3 is 2.26 bits per heavy atom. The van der Waals surface area contributed by atoms with Gasteiger partial charge in [0.05, 0.1) is 37.0 Å². The minimum atomic E-state index is -0.459. The smallest absolute Gasteiger partial charge is 0.142 e. The molecule has 4 N–H and O–H groups in total. The van der Waals surface area contributed by atoms with Crippen LogP contribution in [0.1, 0.15) is 51.8 Å². The minimum Gasteiger partial charge on any atom is -0.493 e. The standard InChI is InChI=1S/C41H51ClN2O6/c1-27-12-13-31(18-28(27)2)25-49-40-20-41(38(42)19-33(40)21-43-34(23-45)24-46)50-26-32-8-5-9-36(29(32)3)37-10-6-11-39(30(37)4)48-17-7-15-44-16-14-35(47)22-44/h5-6,8-13,18-20,34-35,43,45-47H,7,14-17,21-26H2,1-4H3.